The molecule has 3 aromatic rings. The molecule has 0 radical (unpaired) electrons. The maximum atomic E-state index is 11.1. The van der Waals surface area contributed by atoms with Gasteiger partial charge in [-0.3, -0.25) is 9.69 Å². The van der Waals surface area contributed by atoms with Crippen molar-refractivity contribution in [1.82, 2.24) is 4.90 Å². The van der Waals surface area contributed by atoms with Gasteiger partial charge in [0.05, 0.1) is 32.0 Å². The quantitative estimate of drug-likeness (QED) is 0.205. The van der Waals surface area contributed by atoms with Crippen molar-refractivity contribution in [3.8, 4) is 22.3 Å². The molecule has 0 unspecified atom stereocenters. The first-order chi connectivity index (χ1) is 20.1. The molecule has 3 aromatic carbocycles. The molecule has 2 aliphatic rings. The van der Waals surface area contributed by atoms with Crippen molar-refractivity contribution in [1.29, 1.82) is 0 Å². The van der Waals surface area contributed by atoms with E-state index in [2.05, 4.69) is 89.8 Å². The Balaban J connectivity index is 1.20. The van der Waals surface area contributed by atoms with E-state index in [1.165, 1.54) is 22.3 Å². The molecular formula is C35H41NO5. The molecule has 0 bridgehead atoms. The maximum absolute atomic E-state index is 11.1. The lowest BCUT2D eigenvalue weighted by Crippen LogP contribution is -2.50. The number of morpholine rings is 1. The first-order valence-electron chi connectivity index (χ1n) is 14.8. The van der Waals surface area contributed by atoms with Crippen LogP contribution >= 0.6 is 0 Å². The van der Waals surface area contributed by atoms with Crippen LogP contribution in [-0.4, -0.2) is 65.6 Å². The molecule has 1 saturated carbocycles. The van der Waals surface area contributed by atoms with Crippen molar-refractivity contribution in [3.05, 3.63) is 96.6 Å². The maximum Gasteiger partial charge on any atom is 0.303 e. The van der Waals surface area contributed by atoms with Crippen LogP contribution < -0.4 is 0 Å². The fourth-order valence-corrected chi connectivity index (χ4v) is 6.15. The van der Waals surface area contributed by atoms with Crippen molar-refractivity contribution in [2.45, 2.75) is 57.0 Å². The van der Waals surface area contributed by atoms with Crippen LogP contribution in [0.3, 0.4) is 0 Å². The number of nitrogens with zero attached hydrogens (tertiary/aromatic N) is 1. The number of unbranched alkanes of at least 4 members (excludes halogenated alkanes) is 1. The van der Waals surface area contributed by atoms with Gasteiger partial charge in [0.25, 0.3) is 0 Å². The molecule has 216 valence electrons. The molecule has 0 spiro atoms. The fraction of sp³-hybridized carbons (Fsp3) is 0.400. The highest BCUT2D eigenvalue weighted by Crippen LogP contribution is 2.37. The van der Waals surface area contributed by atoms with E-state index in [0.29, 0.717) is 32.7 Å². The number of aliphatic hydroxyl groups is 1. The highest BCUT2D eigenvalue weighted by molar-refractivity contribution is 5.70. The van der Waals surface area contributed by atoms with Gasteiger partial charge < -0.3 is 19.7 Å². The third-order valence-electron chi connectivity index (χ3n) is 8.33. The Morgan fingerprint density at radius 3 is 2.12 bits per heavy atom. The van der Waals surface area contributed by atoms with Crippen molar-refractivity contribution in [3.63, 3.8) is 0 Å². The number of rotatable bonds is 12. The smallest absolute Gasteiger partial charge is 0.303 e. The molecule has 1 heterocycles. The van der Waals surface area contributed by atoms with Crippen LogP contribution in [0.25, 0.3) is 22.3 Å². The number of carbonyl (C=O) groups is 1. The van der Waals surface area contributed by atoms with E-state index < -0.39 is 12.1 Å². The highest BCUT2D eigenvalue weighted by atomic mass is 16.5. The molecule has 6 heteroatoms. The Kier molecular flexibility index (Phi) is 10.4. The predicted molar refractivity (Wildman–Crippen MR) is 161 cm³/mol. The lowest BCUT2D eigenvalue weighted by atomic mass is 9.94. The van der Waals surface area contributed by atoms with Gasteiger partial charge in [0, 0.05) is 37.9 Å². The van der Waals surface area contributed by atoms with Gasteiger partial charge in [0.15, 0.2) is 0 Å². The highest BCUT2D eigenvalue weighted by Gasteiger charge is 2.45. The molecule has 4 atom stereocenters. The summed E-state index contributed by atoms with van der Waals surface area (Å²) in [7, 11) is 0. The normalized spacial score (nSPS) is 23.2. The van der Waals surface area contributed by atoms with Crippen LogP contribution in [0.15, 0.2) is 91.0 Å². The number of benzene rings is 3. The SMILES string of the molecule is O=C(O)CCC/C=C\C[C@@H]1[C@@H](N2CCOCC2)[C@H](O)C[C@@H]1OCc1ccc(-c2ccc(-c3ccccc3)cc2)cc1. The average Bonchev–Trinajstić information content (AvgIpc) is 3.33. The number of carboxylic acids is 1. The van der Waals surface area contributed by atoms with E-state index in [1.807, 2.05) is 6.07 Å². The van der Waals surface area contributed by atoms with Gasteiger partial charge in [-0.05, 0) is 47.1 Å². The van der Waals surface area contributed by atoms with Gasteiger partial charge in [0.2, 0.25) is 0 Å². The lowest BCUT2D eigenvalue weighted by Gasteiger charge is -2.37. The lowest BCUT2D eigenvalue weighted by molar-refractivity contribution is -0.137. The monoisotopic (exact) mass is 555 g/mol. The van der Waals surface area contributed by atoms with Gasteiger partial charge in [-0.25, -0.2) is 0 Å². The molecule has 0 amide bonds. The summed E-state index contributed by atoms with van der Waals surface area (Å²) >= 11 is 0. The summed E-state index contributed by atoms with van der Waals surface area (Å²) in [6, 6.07) is 27.6. The Labute approximate surface area is 243 Å². The van der Waals surface area contributed by atoms with Crippen molar-refractivity contribution < 1.29 is 24.5 Å². The largest absolute Gasteiger partial charge is 0.481 e. The molecule has 1 saturated heterocycles. The zero-order valence-electron chi connectivity index (χ0n) is 23.6. The van der Waals surface area contributed by atoms with E-state index in [-0.39, 0.29) is 24.5 Å². The van der Waals surface area contributed by atoms with E-state index in [0.717, 1.165) is 31.5 Å². The minimum absolute atomic E-state index is 0.0359. The number of ether oxygens (including phenoxy) is 2. The molecule has 0 aromatic heterocycles. The van der Waals surface area contributed by atoms with Gasteiger partial charge in [-0.1, -0.05) is 91.0 Å². The van der Waals surface area contributed by atoms with Crippen LogP contribution in [0.5, 0.6) is 0 Å². The topological polar surface area (TPSA) is 79.2 Å². The Morgan fingerprint density at radius 1 is 0.878 bits per heavy atom. The second kappa shape index (κ2) is 14.6. The molecule has 6 nitrogen and oxygen atoms in total. The number of aliphatic carboxylic acids is 1. The molecular weight excluding hydrogens is 514 g/mol. The summed E-state index contributed by atoms with van der Waals surface area (Å²) in [4.78, 5) is 13.2. The Morgan fingerprint density at radius 2 is 1.49 bits per heavy atom. The number of aliphatic hydroxyl groups excluding tert-OH is 1. The zero-order valence-corrected chi connectivity index (χ0v) is 23.6. The van der Waals surface area contributed by atoms with Gasteiger partial charge >= 0.3 is 5.97 Å². The number of hydrogen-bond acceptors (Lipinski definition) is 5. The number of carboxylic acid groups (broad SMARTS) is 1. The van der Waals surface area contributed by atoms with E-state index in [9.17, 15) is 9.90 Å². The summed E-state index contributed by atoms with van der Waals surface area (Å²) in [5.74, 6) is -0.589. The first kappa shape index (κ1) is 29.2. The standard InChI is InChI=1S/C35H41NO5/c37-32-24-33(31(10-6-1-2-7-11-34(38)39)35(32)36-20-22-40-23-21-36)41-25-26-12-14-28(15-13-26)30-18-16-29(17-19-30)27-8-4-3-5-9-27/h1,3-6,8-9,12-19,31-33,35,37H,2,7,10-11,20-25H2,(H,38,39)/b6-1-/t31-,32+,33-,35+/m0/s1. The van der Waals surface area contributed by atoms with Gasteiger partial charge in [0.1, 0.15) is 0 Å². The minimum atomic E-state index is -0.757. The second-order valence-corrected chi connectivity index (χ2v) is 11.1. The second-order valence-electron chi connectivity index (χ2n) is 11.1. The molecule has 2 fully saturated rings. The summed E-state index contributed by atoms with van der Waals surface area (Å²) in [6.07, 6.45) is 6.72. The summed E-state index contributed by atoms with van der Waals surface area (Å²) in [6.45, 7) is 3.52. The third-order valence-corrected chi connectivity index (χ3v) is 8.33. The van der Waals surface area contributed by atoms with Crippen LogP contribution in [0.4, 0.5) is 0 Å². The van der Waals surface area contributed by atoms with Crippen molar-refractivity contribution in [2.75, 3.05) is 26.3 Å². The predicted octanol–water partition coefficient (Wildman–Crippen LogP) is 6.19. The van der Waals surface area contributed by atoms with E-state index >= 15 is 0 Å². The zero-order chi connectivity index (χ0) is 28.4. The van der Waals surface area contributed by atoms with E-state index in [4.69, 9.17) is 14.6 Å². The number of allylic oxidation sites excluding steroid dienone is 2. The summed E-state index contributed by atoms with van der Waals surface area (Å²) < 4.78 is 12.0. The summed E-state index contributed by atoms with van der Waals surface area (Å²) in [5.41, 5.74) is 5.88. The molecule has 41 heavy (non-hydrogen) atoms. The van der Waals surface area contributed by atoms with Crippen LogP contribution in [0.2, 0.25) is 0 Å². The first-order valence-corrected chi connectivity index (χ1v) is 14.8. The van der Waals surface area contributed by atoms with Crippen molar-refractivity contribution >= 4 is 5.97 Å². The molecule has 5 rings (SSSR count). The molecule has 1 aliphatic heterocycles. The Hall–Kier alpha value is -3.29. The summed E-state index contributed by atoms with van der Waals surface area (Å²) in [5, 5.41) is 20.0. The number of hydrogen-bond donors (Lipinski definition) is 2. The van der Waals surface area contributed by atoms with Crippen molar-refractivity contribution in [2.24, 2.45) is 5.92 Å². The van der Waals surface area contributed by atoms with Gasteiger partial charge in [-0.2, -0.15) is 0 Å². The van der Waals surface area contributed by atoms with Crippen LogP contribution in [0, 0.1) is 5.92 Å². The van der Waals surface area contributed by atoms with Crippen LogP contribution in [-0.2, 0) is 20.9 Å². The molecule has 1 aliphatic carbocycles. The van der Waals surface area contributed by atoms with E-state index in [1.54, 1.807) is 0 Å². The minimum Gasteiger partial charge on any atom is -0.481 e. The third kappa shape index (κ3) is 7.92. The van der Waals surface area contributed by atoms with Crippen LogP contribution in [0.1, 0.15) is 37.7 Å². The average molecular weight is 556 g/mol. The Bertz CT molecular complexity index is 1250. The fourth-order valence-electron chi connectivity index (χ4n) is 6.15. The van der Waals surface area contributed by atoms with Gasteiger partial charge in [-0.15, -0.1) is 0 Å². The molecule has 2 N–H and O–H groups in total.